The fraction of sp³-hybridized carbons (Fsp3) is 0.318. The zero-order valence-corrected chi connectivity index (χ0v) is 20.2. The molecule has 3 aromatic rings. The number of amides is 1. The number of fused-ring (bicyclic) bond motifs is 1. The molecule has 9 nitrogen and oxygen atoms in total. The molecule has 0 unspecified atom stereocenters. The van der Waals surface area contributed by atoms with Crippen molar-refractivity contribution in [3.63, 3.8) is 0 Å². The highest BCUT2D eigenvalue weighted by Crippen LogP contribution is 2.30. The van der Waals surface area contributed by atoms with Crippen LogP contribution in [0.3, 0.4) is 0 Å². The maximum Gasteiger partial charge on any atom is 0.269 e. The largest absolute Gasteiger partial charge is 0.486 e. The van der Waals surface area contributed by atoms with E-state index in [-0.39, 0.29) is 34.8 Å². The molecule has 33 heavy (non-hydrogen) atoms. The molecule has 2 heterocycles. The average molecular weight is 488 g/mol. The molecule has 11 heteroatoms. The van der Waals surface area contributed by atoms with Crippen molar-refractivity contribution in [3.8, 4) is 5.75 Å². The number of thioether (sulfide) groups is 1. The van der Waals surface area contributed by atoms with E-state index >= 15 is 0 Å². The molecule has 1 amide bonds. The monoisotopic (exact) mass is 487 g/mol. The van der Waals surface area contributed by atoms with E-state index in [0.717, 1.165) is 4.31 Å². The van der Waals surface area contributed by atoms with Gasteiger partial charge < -0.3 is 10.6 Å². The first kappa shape index (κ1) is 23.1. The number of carbonyl (C=O) groups excluding carboxylic acids is 1. The Kier molecular flexibility index (Phi) is 6.10. The molecule has 0 fully saturated rings. The normalized spacial score (nSPS) is 15.0. The van der Waals surface area contributed by atoms with Crippen molar-refractivity contribution in [1.29, 1.82) is 0 Å². The van der Waals surface area contributed by atoms with Crippen LogP contribution in [0, 0.1) is 0 Å². The summed E-state index contributed by atoms with van der Waals surface area (Å²) in [4.78, 5) is 12.5. The van der Waals surface area contributed by atoms with Gasteiger partial charge in [0.1, 0.15) is 17.3 Å². The summed E-state index contributed by atoms with van der Waals surface area (Å²) in [6.45, 7) is 6.57. The number of ether oxygens (including phenoxy) is 1. The quantitative estimate of drug-likeness (QED) is 0.399. The van der Waals surface area contributed by atoms with Crippen LogP contribution in [0.4, 0.5) is 0 Å². The molecule has 4 rings (SSSR count). The first-order chi connectivity index (χ1) is 15.6. The highest BCUT2D eigenvalue weighted by molar-refractivity contribution is 7.99. The van der Waals surface area contributed by atoms with Gasteiger partial charge in [-0.05, 0) is 35.2 Å². The predicted octanol–water partition coefficient (Wildman–Crippen LogP) is 2.81. The van der Waals surface area contributed by atoms with Crippen molar-refractivity contribution < 1.29 is 17.9 Å². The Labute approximate surface area is 197 Å². The predicted molar refractivity (Wildman–Crippen MR) is 125 cm³/mol. The van der Waals surface area contributed by atoms with Crippen LogP contribution >= 0.6 is 11.8 Å². The highest BCUT2D eigenvalue weighted by Gasteiger charge is 2.40. The van der Waals surface area contributed by atoms with Gasteiger partial charge in [0.25, 0.3) is 15.9 Å². The second-order valence-electron chi connectivity index (χ2n) is 8.56. The van der Waals surface area contributed by atoms with Gasteiger partial charge in [0.05, 0.1) is 5.56 Å². The molecule has 2 aromatic carbocycles. The van der Waals surface area contributed by atoms with Crippen molar-refractivity contribution in [2.75, 3.05) is 18.1 Å². The Morgan fingerprint density at radius 2 is 1.76 bits per heavy atom. The Morgan fingerprint density at radius 1 is 1.06 bits per heavy atom. The Morgan fingerprint density at radius 3 is 2.42 bits per heavy atom. The maximum atomic E-state index is 12.6. The fourth-order valence-electron chi connectivity index (χ4n) is 3.38. The van der Waals surface area contributed by atoms with E-state index in [9.17, 15) is 13.2 Å². The summed E-state index contributed by atoms with van der Waals surface area (Å²) in [6.07, 6.45) is 0. The molecule has 0 radical (unpaired) electrons. The first-order valence-corrected chi connectivity index (χ1v) is 12.7. The van der Waals surface area contributed by atoms with E-state index < -0.39 is 15.9 Å². The van der Waals surface area contributed by atoms with E-state index in [1.54, 1.807) is 12.1 Å². The molecule has 1 aliphatic rings. The number of nitrogen functional groups attached to an aromatic ring is 1. The number of hydrogen-bond donors (Lipinski definition) is 1. The number of benzene rings is 2. The van der Waals surface area contributed by atoms with Gasteiger partial charge in [0.2, 0.25) is 5.16 Å². The van der Waals surface area contributed by atoms with Gasteiger partial charge in [-0.2, -0.15) is 0 Å². The minimum Gasteiger partial charge on any atom is -0.486 e. The minimum absolute atomic E-state index is 0.000663. The van der Waals surface area contributed by atoms with Crippen molar-refractivity contribution in [3.05, 3.63) is 65.5 Å². The van der Waals surface area contributed by atoms with Crippen molar-refractivity contribution in [2.45, 2.75) is 42.8 Å². The molecule has 1 aromatic heterocycles. The maximum absolute atomic E-state index is 12.6. The van der Waals surface area contributed by atoms with Crippen molar-refractivity contribution in [1.82, 2.24) is 19.2 Å². The summed E-state index contributed by atoms with van der Waals surface area (Å²) in [6, 6.07) is 14.0. The van der Waals surface area contributed by atoms with Gasteiger partial charge in [-0.15, -0.1) is 10.2 Å². The third-order valence-corrected chi connectivity index (χ3v) is 8.02. The zero-order chi connectivity index (χ0) is 23.8. The number of sulfonamides is 1. The fourth-order valence-corrected chi connectivity index (χ4v) is 5.86. The number of nitrogens with two attached hydrogens (primary N) is 1. The average Bonchev–Trinajstić information content (AvgIpc) is 3.22. The molecule has 1 aliphatic heterocycles. The van der Waals surface area contributed by atoms with E-state index in [2.05, 4.69) is 31.0 Å². The van der Waals surface area contributed by atoms with Crippen LogP contribution in [0.2, 0.25) is 0 Å². The minimum atomic E-state index is -3.83. The summed E-state index contributed by atoms with van der Waals surface area (Å²) in [5.41, 5.74) is 1.46. The van der Waals surface area contributed by atoms with Crippen LogP contribution in [-0.4, -0.2) is 45.8 Å². The summed E-state index contributed by atoms with van der Waals surface area (Å²) >= 11 is 1.21. The summed E-state index contributed by atoms with van der Waals surface area (Å²) in [5, 5.41) is 8.51. The molecule has 0 saturated carbocycles. The van der Waals surface area contributed by atoms with Crippen LogP contribution in [0.5, 0.6) is 5.75 Å². The van der Waals surface area contributed by atoms with Gasteiger partial charge in [-0.1, -0.05) is 56.8 Å². The highest BCUT2D eigenvalue weighted by atomic mass is 32.2. The molecule has 0 atom stereocenters. The number of rotatable bonds is 7. The summed E-state index contributed by atoms with van der Waals surface area (Å²) in [7, 11) is -3.83. The topological polar surface area (TPSA) is 120 Å². The van der Waals surface area contributed by atoms with E-state index in [4.69, 9.17) is 10.6 Å². The van der Waals surface area contributed by atoms with E-state index in [1.807, 2.05) is 24.3 Å². The Hall–Kier alpha value is -3.05. The molecule has 0 bridgehead atoms. The van der Waals surface area contributed by atoms with Crippen LogP contribution in [-0.2, 0) is 22.0 Å². The molecular weight excluding hydrogens is 462 g/mol. The number of carbonyl (C=O) groups is 1. The van der Waals surface area contributed by atoms with E-state index in [0.29, 0.717) is 16.7 Å². The lowest BCUT2D eigenvalue weighted by molar-refractivity contribution is 0.0876. The third-order valence-electron chi connectivity index (χ3n) is 5.26. The smallest absolute Gasteiger partial charge is 0.269 e. The second-order valence-corrected chi connectivity index (χ2v) is 11.5. The lowest BCUT2D eigenvalue weighted by Gasteiger charge is -2.19. The molecule has 174 valence electrons. The Balaban J connectivity index is 1.34. The first-order valence-electron chi connectivity index (χ1n) is 10.3. The van der Waals surface area contributed by atoms with Crippen LogP contribution < -0.4 is 10.6 Å². The SMILES string of the molecule is CC(C)(C)c1ccc(OCc2nnc(SCCN3C(=O)c4ccccc4S3(=O)=O)n2N)cc1. The van der Waals surface area contributed by atoms with Crippen molar-refractivity contribution in [2.24, 2.45) is 0 Å². The van der Waals surface area contributed by atoms with Crippen molar-refractivity contribution >= 4 is 27.7 Å². The second kappa shape index (κ2) is 8.71. The van der Waals surface area contributed by atoms with Gasteiger partial charge in [-0.3, -0.25) is 4.79 Å². The number of nitrogens with zero attached hydrogens (tertiary/aromatic N) is 4. The third kappa shape index (κ3) is 4.55. The lowest BCUT2D eigenvalue weighted by Crippen LogP contribution is -2.32. The van der Waals surface area contributed by atoms with Gasteiger partial charge in [0, 0.05) is 12.3 Å². The van der Waals surface area contributed by atoms with Crippen LogP contribution in [0.1, 0.15) is 42.5 Å². The van der Waals surface area contributed by atoms with Gasteiger partial charge >= 0.3 is 0 Å². The molecular formula is C22H25N5O4S2. The zero-order valence-electron chi connectivity index (χ0n) is 18.6. The van der Waals surface area contributed by atoms with Gasteiger partial charge in [-0.25, -0.2) is 17.4 Å². The number of aromatic nitrogens is 3. The lowest BCUT2D eigenvalue weighted by atomic mass is 9.87. The van der Waals surface area contributed by atoms with E-state index in [1.165, 1.54) is 34.1 Å². The molecule has 2 N–H and O–H groups in total. The molecule has 0 aliphatic carbocycles. The van der Waals surface area contributed by atoms with Crippen LogP contribution in [0.25, 0.3) is 0 Å². The molecule has 0 saturated heterocycles. The molecule has 0 spiro atoms. The number of hydrogen-bond acceptors (Lipinski definition) is 8. The van der Waals surface area contributed by atoms with Crippen LogP contribution in [0.15, 0.2) is 58.6 Å². The standard InChI is InChI=1S/C22H25N5O4S2/c1-22(2,3)15-8-10-16(11-9-15)31-14-19-24-25-21(27(19)23)32-13-12-26-20(28)17-6-4-5-7-18(17)33(26,29)30/h4-11H,12-14,23H2,1-3H3. The Bertz CT molecular complexity index is 1280. The summed E-state index contributed by atoms with van der Waals surface area (Å²) in [5.74, 6) is 6.96. The summed E-state index contributed by atoms with van der Waals surface area (Å²) < 4.78 is 33.2. The van der Waals surface area contributed by atoms with Gasteiger partial charge in [0.15, 0.2) is 5.82 Å².